The molecule has 0 unspecified atom stereocenters. The molecule has 0 fully saturated rings. The molecule has 5 heteroatoms. The van der Waals surface area contributed by atoms with Gasteiger partial charge in [0.25, 0.3) is 0 Å². The van der Waals surface area contributed by atoms with Gasteiger partial charge in [0.2, 0.25) is 10.0 Å². The molecule has 0 aliphatic carbocycles. The number of hydrogen-bond donors (Lipinski definition) is 1. The van der Waals surface area contributed by atoms with Gasteiger partial charge in [0.1, 0.15) is 5.82 Å². The summed E-state index contributed by atoms with van der Waals surface area (Å²) >= 11 is 0. The molecule has 20 heavy (non-hydrogen) atoms. The predicted octanol–water partition coefficient (Wildman–Crippen LogP) is 3.34. The maximum Gasteiger partial charge on any atom is 0.240 e. The average molecular weight is 301 g/mol. The number of aryl methyl sites for hydroxylation is 1. The van der Waals surface area contributed by atoms with Crippen molar-refractivity contribution in [1.29, 1.82) is 0 Å². The number of sulfonamides is 1. The van der Waals surface area contributed by atoms with E-state index < -0.39 is 15.8 Å². The van der Waals surface area contributed by atoms with Crippen molar-refractivity contribution in [3.8, 4) is 0 Å². The second-order valence-electron chi connectivity index (χ2n) is 5.91. The first-order chi connectivity index (χ1) is 9.15. The molecular weight excluding hydrogens is 277 g/mol. The monoisotopic (exact) mass is 301 g/mol. The number of nitrogens with one attached hydrogen (secondary N) is 1. The fraction of sp³-hybridized carbons (Fsp3) is 0.600. The Morgan fingerprint density at radius 1 is 1.15 bits per heavy atom. The number of benzene rings is 1. The fourth-order valence-electron chi connectivity index (χ4n) is 2.44. The molecule has 0 saturated heterocycles. The normalized spacial score (nSPS) is 12.7. The molecule has 1 rings (SSSR count). The first kappa shape index (κ1) is 17.1. The molecule has 0 spiro atoms. The minimum Gasteiger partial charge on any atom is -0.211 e. The van der Waals surface area contributed by atoms with E-state index in [9.17, 15) is 12.8 Å². The van der Waals surface area contributed by atoms with Crippen molar-refractivity contribution in [3.05, 3.63) is 29.6 Å². The molecule has 0 aliphatic heterocycles. The molecule has 0 atom stereocenters. The molecule has 114 valence electrons. The summed E-state index contributed by atoms with van der Waals surface area (Å²) in [6.45, 7) is 10.3. The fourth-order valence-corrected chi connectivity index (χ4v) is 3.74. The maximum atomic E-state index is 13.0. The zero-order valence-corrected chi connectivity index (χ0v) is 13.6. The van der Waals surface area contributed by atoms with Crippen molar-refractivity contribution in [2.24, 2.45) is 17.8 Å². The summed E-state index contributed by atoms with van der Waals surface area (Å²) < 4.78 is 40.3. The zero-order chi connectivity index (χ0) is 15.5. The van der Waals surface area contributed by atoms with Gasteiger partial charge in [-0.15, -0.1) is 0 Å². The van der Waals surface area contributed by atoms with Crippen molar-refractivity contribution in [2.75, 3.05) is 6.54 Å². The maximum absolute atomic E-state index is 13.0. The van der Waals surface area contributed by atoms with E-state index >= 15 is 0 Å². The zero-order valence-electron chi connectivity index (χ0n) is 12.8. The van der Waals surface area contributed by atoms with Crippen LogP contribution >= 0.6 is 0 Å². The highest BCUT2D eigenvalue weighted by Gasteiger charge is 2.22. The molecular formula is C15H24FNO2S. The lowest BCUT2D eigenvalue weighted by molar-refractivity contribution is 0.289. The van der Waals surface area contributed by atoms with Crippen molar-refractivity contribution < 1.29 is 12.8 Å². The van der Waals surface area contributed by atoms with Crippen molar-refractivity contribution in [3.63, 3.8) is 0 Å². The minimum absolute atomic E-state index is 0.144. The van der Waals surface area contributed by atoms with E-state index in [1.807, 2.05) is 0 Å². The Hall–Kier alpha value is -0.940. The first-order valence-electron chi connectivity index (χ1n) is 6.91. The van der Waals surface area contributed by atoms with E-state index in [1.165, 1.54) is 18.2 Å². The summed E-state index contributed by atoms with van der Waals surface area (Å²) in [6.07, 6.45) is 0. The Morgan fingerprint density at radius 2 is 1.70 bits per heavy atom. The van der Waals surface area contributed by atoms with Gasteiger partial charge in [-0.05, 0) is 48.4 Å². The molecule has 1 aromatic rings. The molecule has 0 aliphatic rings. The van der Waals surface area contributed by atoms with Crippen LogP contribution in [0.25, 0.3) is 0 Å². The smallest absolute Gasteiger partial charge is 0.211 e. The van der Waals surface area contributed by atoms with Gasteiger partial charge in [-0.3, -0.25) is 0 Å². The van der Waals surface area contributed by atoms with Gasteiger partial charge in [-0.25, -0.2) is 17.5 Å². The van der Waals surface area contributed by atoms with E-state index in [1.54, 1.807) is 6.92 Å². The third kappa shape index (κ3) is 4.28. The molecule has 3 nitrogen and oxygen atoms in total. The van der Waals surface area contributed by atoms with E-state index in [-0.39, 0.29) is 10.8 Å². The standard InChI is InChI=1S/C15H24FNO2S/c1-10(2)14(11(3)4)9-17-20(18,19)15-7-6-13(16)8-12(15)5/h6-8,10-11,14,17H,9H2,1-5H3. The number of hydrogen-bond acceptors (Lipinski definition) is 2. The van der Waals surface area contributed by atoms with E-state index in [2.05, 4.69) is 32.4 Å². The van der Waals surface area contributed by atoms with Crippen LogP contribution in [0, 0.1) is 30.5 Å². The SMILES string of the molecule is Cc1cc(F)ccc1S(=O)(=O)NCC(C(C)C)C(C)C. The van der Waals surface area contributed by atoms with Crippen LogP contribution in [0.15, 0.2) is 23.1 Å². The summed E-state index contributed by atoms with van der Waals surface area (Å²) in [6, 6.07) is 3.72. The van der Waals surface area contributed by atoms with Crippen LogP contribution in [0.3, 0.4) is 0 Å². The highest BCUT2D eigenvalue weighted by Crippen LogP contribution is 2.21. The Labute approximate surface area is 121 Å². The third-order valence-corrected chi connectivity index (χ3v) is 5.23. The van der Waals surface area contributed by atoms with Crippen LogP contribution in [-0.4, -0.2) is 15.0 Å². The summed E-state index contributed by atoms with van der Waals surface area (Å²) in [5.74, 6) is 0.633. The van der Waals surface area contributed by atoms with E-state index in [0.29, 0.717) is 23.9 Å². The third-order valence-electron chi connectivity index (χ3n) is 3.65. The minimum atomic E-state index is -3.59. The molecule has 0 radical (unpaired) electrons. The molecule has 0 aromatic heterocycles. The summed E-state index contributed by atoms with van der Waals surface area (Å²) in [4.78, 5) is 0.144. The Kier molecular flexibility index (Phi) is 5.71. The molecule has 0 amide bonds. The summed E-state index contributed by atoms with van der Waals surface area (Å²) in [5.41, 5.74) is 0.420. The lowest BCUT2D eigenvalue weighted by atomic mass is 9.86. The predicted molar refractivity (Wildman–Crippen MR) is 79.5 cm³/mol. The molecule has 1 aromatic carbocycles. The van der Waals surface area contributed by atoms with Crippen LogP contribution in [-0.2, 0) is 10.0 Å². The van der Waals surface area contributed by atoms with Gasteiger partial charge >= 0.3 is 0 Å². The Morgan fingerprint density at radius 3 is 2.15 bits per heavy atom. The van der Waals surface area contributed by atoms with Crippen LogP contribution in [0.1, 0.15) is 33.3 Å². The average Bonchev–Trinajstić information content (AvgIpc) is 2.26. The highest BCUT2D eigenvalue weighted by molar-refractivity contribution is 7.89. The van der Waals surface area contributed by atoms with Crippen LogP contribution < -0.4 is 4.72 Å². The van der Waals surface area contributed by atoms with Crippen molar-refractivity contribution in [2.45, 2.75) is 39.5 Å². The molecule has 0 bridgehead atoms. The van der Waals surface area contributed by atoms with E-state index in [0.717, 1.165) is 0 Å². The van der Waals surface area contributed by atoms with Gasteiger partial charge < -0.3 is 0 Å². The molecule has 0 saturated carbocycles. The van der Waals surface area contributed by atoms with Crippen LogP contribution in [0.4, 0.5) is 4.39 Å². The molecule has 0 heterocycles. The number of halogens is 1. The summed E-state index contributed by atoms with van der Waals surface area (Å²) in [5, 5.41) is 0. The van der Waals surface area contributed by atoms with Gasteiger partial charge in [0.15, 0.2) is 0 Å². The quantitative estimate of drug-likeness (QED) is 0.876. The molecule has 1 N–H and O–H groups in total. The van der Waals surface area contributed by atoms with Crippen LogP contribution in [0.5, 0.6) is 0 Å². The lowest BCUT2D eigenvalue weighted by Gasteiger charge is -2.25. The van der Waals surface area contributed by atoms with Gasteiger partial charge in [-0.2, -0.15) is 0 Å². The lowest BCUT2D eigenvalue weighted by Crippen LogP contribution is -2.34. The second-order valence-corrected chi connectivity index (χ2v) is 7.65. The second kappa shape index (κ2) is 6.68. The number of rotatable bonds is 6. The largest absolute Gasteiger partial charge is 0.240 e. The Balaban J connectivity index is 2.90. The summed E-state index contributed by atoms with van der Waals surface area (Å²) in [7, 11) is -3.59. The van der Waals surface area contributed by atoms with Gasteiger partial charge in [0.05, 0.1) is 4.90 Å². The first-order valence-corrected chi connectivity index (χ1v) is 8.39. The van der Waals surface area contributed by atoms with Gasteiger partial charge in [0, 0.05) is 6.54 Å². The van der Waals surface area contributed by atoms with E-state index in [4.69, 9.17) is 0 Å². The topological polar surface area (TPSA) is 46.2 Å². The highest BCUT2D eigenvalue weighted by atomic mass is 32.2. The van der Waals surface area contributed by atoms with Crippen molar-refractivity contribution in [1.82, 2.24) is 4.72 Å². The van der Waals surface area contributed by atoms with Crippen molar-refractivity contribution >= 4 is 10.0 Å². The van der Waals surface area contributed by atoms with Crippen LogP contribution in [0.2, 0.25) is 0 Å². The van der Waals surface area contributed by atoms with Gasteiger partial charge in [-0.1, -0.05) is 27.7 Å². The Bertz CT molecular complexity index is 545.